The van der Waals surface area contributed by atoms with Crippen LogP contribution in [0.5, 0.6) is 11.5 Å². The molecule has 0 radical (unpaired) electrons. The quantitative estimate of drug-likeness (QED) is 0.390. The summed E-state index contributed by atoms with van der Waals surface area (Å²) in [6.07, 6.45) is -0.0344. The molecular formula is C17H14KN2O7S+. The predicted octanol–water partition coefficient (Wildman–Crippen LogP) is 0.0158. The van der Waals surface area contributed by atoms with Crippen molar-refractivity contribution < 1.29 is 84.1 Å². The molecule has 0 aliphatic heterocycles. The Balaban J connectivity index is 0.00000280. The molecule has 0 bridgehead atoms. The van der Waals surface area contributed by atoms with Gasteiger partial charge in [-0.25, -0.2) is 9.69 Å². The molecule has 0 aliphatic rings. The first-order valence-electron chi connectivity index (χ1n) is 7.49. The Hall–Kier alpha value is -1.73. The van der Waals surface area contributed by atoms with Crippen LogP contribution in [0.1, 0.15) is 0 Å². The van der Waals surface area contributed by atoms with E-state index in [0.29, 0.717) is 10.3 Å². The van der Waals surface area contributed by atoms with Gasteiger partial charge in [-0.2, -0.15) is 8.42 Å². The third kappa shape index (κ3) is 4.30. The zero-order chi connectivity index (χ0) is 19.8. The largest absolute Gasteiger partial charge is 1.00 e. The molecule has 9 nitrogen and oxygen atoms in total. The van der Waals surface area contributed by atoms with E-state index < -0.39 is 21.1 Å². The topological polar surface area (TPSA) is 137 Å². The fourth-order valence-corrected chi connectivity index (χ4v) is 3.33. The summed E-state index contributed by atoms with van der Waals surface area (Å²) in [4.78, 5) is 16.0. The van der Waals surface area contributed by atoms with Crippen LogP contribution in [0.2, 0.25) is 0 Å². The molecule has 28 heavy (non-hydrogen) atoms. The Bertz CT molecular complexity index is 1150. The second kappa shape index (κ2) is 8.74. The number of carbonyl (C=O) groups is 1. The number of anilines is 2. The van der Waals surface area contributed by atoms with Crippen LogP contribution in [0.15, 0.2) is 53.6 Å². The number of hydrogen-bond donors (Lipinski definition) is 3. The van der Waals surface area contributed by atoms with Gasteiger partial charge in [0.15, 0.2) is 5.75 Å². The normalized spacial score (nSPS) is 10.9. The van der Waals surface area contributed by atoms with Crippen LogP contribution in [0.3, 0.4) is 0 Å². The number of ether oxygens (including phenoxy) is 1. The Morgan fingerprint density at radius 2 is 1.89 bits per heavy atom. The van der Waals surface area contributed by atoms with Crippen molar-refractivity contribution in [2.75, 3.05) is 12.0 Å². The molecule has 0 atom stereocenters. The molecule has 2 aromatic carbocycles. The number of rotatable bonds is 4. The van der Waals surface area contributed by atoms with Crippen LogP contribution in [-0.4, -0.2) is 41.4 Å². The zero-order valence-corrected chi connectivity index (χ0v) is 18.8. The first-order chi connectivity index (χ1) is 12.7. The van der Waals surface area contributed by atoms with Crippen LogP contribution >= 0.6 is 0 Å². The van der Waals surface area contributed by atoms with Crippen molar-refractivity contribution in [3.05, 3.63) is 48.7 Å². The number of amides is 1. The first-order valence-corrected chi connectivity index (χ1v) is 8.93. The summed E-state index contributed by atoms with van der Waals surface area (Å²) in [5.74, 6) is -0.546. The molecule has 0 saturated heterocycles. The maximum atomic E-state index is 11.9. The number of phenols is 1. The Morgan fingerprint density at radius 3 is 2.50 bits per heavy atom. The second-order valence-corrected chi connectivity index (χ2v) is 6.83. The molecule has 1 amide bonds. The van der Waals surface area contributed by atoms with E-state index in [-0.39, 0.29) is 79.8 Å². The maximum absolute atomic E-state index is 11.9. The molecule has 1 heterocycles. The van der Waals surface area contributed by atoms with Gasteiger partial charge in [-0.15, -0.1) is 0 Å². The van der Waals surface area contributed by atoms with E-state index in [1.165, 1.54) is 31.5 Å². The molecule has 3 N–H and O–H groups in total. The summed E-state index contributed by atoms with van der Waals surface area (Å²) in [5.41, 5.74) is -0.0635. The minimum absolute atomic E-state index is 0. The minimum Gasteiger partial charge on any atom is -0.504 e. The number of pyridine rings is 1. The van der Waals surface area contributed by atoms with Gasteiger partial charge in [0, 0.05) is 11.6 Å². The van der Waals surface area contributed by atoms with Gasteiger partial charge in [-0.3, -0.25) is 9.54 Å². The van der Waals surface area contributed by atoms with Gasteiger partial charge in [0.25, 0.3) is 10.1 Å². The minimum atomic E-state index is -4.67. The molecule has 3 aromatic rings. The van der Waals surface area contributed by atoms with E-state index >= 15 is 0 Å². The zero-order valence-electron chi connectivity index (χ0n) is 14.9. The molecule has 0 unspecified atom stereocenters. The van der Waals surface area contributed by atoms with Crippen molar-refractivity contribution in [2.45, 2.75) is 4.90 Å². The summed E-state index contributed by atoms with van der Waals surface area (Å²) in [6.45, 7) is 0. The average molecular weight is 429 g/mol. The van der Waals surface area contributed by atoms with Gasteiger partial charge < -0.3 is 14.9 Å². The summed E-state index contributed by atoms with van der Waals surface area (Å²) in [6, 6.07) is 9.71. The summed E-state index contributed by atoms with van der Waals surface area (Å²) in [7, 11) is -3.47. The fraction of sp³-hybridized carbons (Fsp3) is 0.0588. The number of carboxylic acid groups (broad SMARTS) is 1. The van der Waals surface area contributed by atoms with Crippen molar-refractivity contribution in [1.82, 2.24) is 4.98 Å². The summed E-state index contributed by atoms with van der Waals surface area (Å²) < 4.78 is 37.4. The van der Waals surface area contributed by atoms with E-state index in [1.54, 1.807) is 18.2 Å². The number of fused-ring (bicyclic) bond motifs is 1. The van der Waals surface area contributed by atoms with Crippen molar-refractivity contribution >= 4 is 38.5 Å². The molecular weight excluding hydrogens is 415 g/mol. The molecule has 0 fully saturated rings. The number of aromatic nitrogens is 1. The van der Waals surface area contributed by atoms with E-state index in [2.05, 4.69) is 4.98 Å². The number of hydrogen-bond acceptors (Lipinski definition) is 6. The summed E-state index contributed by atoms with van der Waals surface area (Å²) in [5, 5.41) is 20.7. The average Bonchev–Trinajstić information content (AvgIpc) is 2.63. The number of benzene rings is 2. The number of nitrogens with zero attached hydrogens (tertiary/aromatic N) is 2. The number of methoxy groups -OCH3 is 1. The number of phenolic OH excluding ortho intramolecular Hbond substituents is 1. The van der Waals surface area contributed by atoms with Crippen LogP contribution in [0.4, 0.5) is 16.2 Å². The molecule has 1 aromatic heterocycles. The molecule has 0 saturated carbocycles. The smallest absolute Gasteiger partial charge is 0.504 e. The molecule has 0 spiro atoms. The Kier molecular flexibility index (Phi) is 7.04. The maximum Gasteiger partial charge on any atom is 1.00 e. The van der Waals surface area contributed by atoms with Gasteiger partial charge in [-0.05, 0) is 30.3 Å². The van der Waals surface area contributed by atoms with Crippen LogP contribution in [0, 0.1) is 0 Å². The Labute approximate surface area is 202 Å². The third-order valence-electron chi connectivity index (χ3n) is 3.84. The van der Waals surface area contributed by atoms with E-state index in [9.17, 15) is 28.0 Å². The van der Waals surface area contributed by atoms with Crippen molar-refractivity contribution in [3.8, 4) is 11.5 Å². The monoisotopic (exact) mass is 429 g/mol. The first kappa shape index (κ1) is 22.6. The van der Waals surface area contributed by atoms with Gasteiger partial charge in [0.05, 0.1) is 18.5 Å². The van der Waals surface area contributed by atoms with Gasteiger partial charge >= 0.3 is 57.5 Å². The third-order valence-corrected chi connectivity index (χ3v) is 4.72. The fourth-order valence-electron chi connectivity index (χ4n) is 2.66. The number of aromatic hydroxyl groups is 1. The molecule has 3 rings (SSSR count). The van der Waals surface area contributed by atoms with E-state index in [4.69, 9.17) is 4.74 Å². The second-order valence-electron chi connectivity index (χ2n) is 5.44. The summed E-state index contributed by atoms with van der Waals surface area (Å²) >= 11 is 0. The van der Waals surface area contributed by atoms with E-state index in [1.807, 2.05) is 0 Å². The molecule has 11 heteroatoms. The van der Waals surface area contributed by atoms with Crippen LogP contribution in [0.25, 0.3) is 10.9 Å². The standard InChI is InChI=1S/C17H14N2O7S.K/c1-26-13-7-5-11(9-14(13)27(23,24)25)19(17(21)22)12-6-4-10-3-2-8-18-15(10)16(12)20;/h2-9,20H,1H3,(H,21,22)(H,23,24,25);/q;+1. The SMILES string of the molecule is COc1ccc(N(C(=O)O)c2ccc3cccnc3c2O)cc1S(=O)(=O)O.[K+]. The van der Waals surface area contributed by atoms with E-state index in [0.717, 1.165) is 6.07 Å². The van der Waals surface area contributed by atoms with Crippen LogP contribution < -0.4 is 61.0 Å². The van der Waals surface area contributed by atoms with Crippen molar-refractivity contribution in [3.63, 3.8) is 0 Å². The van der Waals surface area contributed by atoms with Crippen LogP contribution in [-0.2, 0) is 10.1 Å². The van der Waals surface area contributed by atoms with Gasteiger partial charge in [-0.1, -0.05) is 12.1 Å². The van der Waals surface area contributed by atoms with Gasteiger partial charge in [0.1, 0.15) is 16.2 Å². The van der Waals surface area contributed by atoms with Crippen molar-refractivity contribution in [2.24, 2.45) is 0 Å². The van der Waals surface area contributed by atoms with Crippen molar-refractivity contribution in [1.29, 1.82) is 0 Å². The molecule has 140 valence electrons. The molecule has 0 aliphatic carbocycles. The Morgan fingerprint density at radius 1 is 1.18 bits per heavy atom. The predicted molar refractivity (Wildman–Crippen MR) is 96.4 cm³/mol. The van der Waals surface area contributed by atoms with Gasteiger partial charge in [0.2, 0.25) is 0 Å².